The second-order valence-corrected chi connectivity index (χ2v) is 8.14. The van der Waals surface area contributed by atoms with E-state index in [9.17, 15) is 14.7 Å². The molecule has 2 heterocycles. The van der Waals surface area contributed by atoms with Crippen molar-refractivity contribution in [3.8, 4) is 5.75 Å². The van der Waals surface area contributed by atoms with Gasteiger partial charge in [0, 0.05) is 25.1 Å². The summed E-state index contributed by atoms with van der Waals surface area (Å²) in [5.41, 5.74) is 3.15. The Bertz CT molecular complexity index is 1160. The van der Waals surface area contributed by atoms with Gasteiger partial charge in [0.2, 0.25) is 5.91 Å². The van der Waals surface area contributed by atoms with Gasteiger partial charge in [0.25, 0.3) is 5.56 Å². The number of carbonyl (C=O) groups excluding carboxylic acids is 1. The number of hydrogen-bond acceptors (Lipinski definition) is 5. The Morgan fingerprint density at radius 3 is 2.76 bits per heavy atom. The third-order valence-electron chi connectivity index (χ3n) is 5.02. The highest BCUT2D eigenvalue weighted by atomic mass is 32.2. The second kappa shape index (κ2) is 7.75. The maximum absolute atomic E-state index is 12.9. The van der Waals surface area contributed by atoms with Crippen LogP contribution in [0.25, 0.3) is 0 Å². The van der Waals surface area contributed by atoms with Gasteiger partial charge in [0.15, 0.2) is 5.16 Å². The Kier molecular flexibility index (Phi) is 5.15. The lowest BCUT2D eigenvalue weighted by atomic mass is 9.86. The molecule has 4 rings (SSSR count). The molecule has 2 aromatic carbocycles. The predicted octanol–water partition coefficient (Wildman–Crippen LogP) is 3.56. The minimum atomic E-state index is -0.437. The van der Waals surface area contributed by atoms with Crippen molar-refractivity contribution in [1.29, 1.82) is 0 Å². The first-order chi connectivity index (χ1) is 13.9. The monoisotopic (exact) mass is 407 g/mol. The van der Waals surface area contributed by atoms with Crippen LogP contribution in [-0.4, -0.2) is 20.6 Å². The molecule has 0 spiro atoms. The number of nitrogens with zero attached hydrogens (tertiary/aromatic N) is 2. The number of fused-ring (bicyclic) bond motifs is 1. The van der Waals surface area contributed by atoms with E-state index in [0.29, 0.717) is 22.3 Å². The SMILES string of the molecule is Cc1cccc(CSc2nc(=O)c3c(n2C)NC(=O)C[C@H]3c2cccc(O)c2)c1. The summed E-state index contributed by atoms with van der Waals surface area (Å²) in [5.74, 6) is 0.644. The molecule has 0 fully saturated rings. The third-order valence-corrected chi connectivity index (χ3v) is 6.12. The minimum absolute atomic E-state index is 0.102. The normalized spacial score (nSPS) is 15.7. The molecule has 6 nitrogen and oxygen atoms in total. The number of phenols is 1. The first-order valence-corrected chi connectivity index (χ1v) is 10.3. The van der Waals surface area contributed by atoms with E-state index in [1.54, 1.807) is 29.8 Å². The molecule has 0 aliphatic carbocycles. The molecule has 0 saturated heterocycles. The number of nitrogens with one attached hydrogen (secondary N) is 1. The number of phenolic OH excluding ortho intramolecular Hbond substituents is 1. The standard InChI is InChI=1S/C22H21N3O3S/c1-13-5-3-6-14(9-13)12-29-22-24-21(28)19-17(15-7-4-8-16(26)10-15)11-18(27)23-20(19)25(22)2/h3-10,17,26H,11-12H2,1-2H3,(H,23,27)/t17-/m0/s1. The number of aromatic nitrogens is 2. The quantitative estimate of drug-likeness (QED) is 0.510. The minimum Gasteiger partial charge on any atom is -0.508 e. The van der Waals surface area contributed by atoms with Gasteiger partial charge >= 0.3 is 0 Å². The van der Waals surface area contributed by atoms with Crippen molar-refractivity contribution in [2.45, 2.75) is 30.2 Å². The molecule has 1 amide bonds. The average Bonchev–Trinajstić information content (AvgIpc) is 2.69. The molecule has 1 aromatic heterocycles. The van der Waals surface area contributed by atoms with Crippen molar-refractivity contribution < 1.29 is 9.90 Å². The Hall–Kier alpha value is -3.06. The number of amides is 1. The van der Waals surface area contributed by atoms with E-state index >= 15 is 0 Å². The number of benzene rings is 2. The molecule has 2 N–H and O–H groups in total. The Morgan fingerprint density at radius 2 is 2.00 bits per heavy atom. The molecular weight excluding hydrogens is 386 g/mol. The van der Waals surface area contributed by atoms with Crippen LogP contribution in [0.4, 0.5) is 5.82 Å². The highest BCUT2D eigenvalue weighted by Crippen LogP contribution is 2.36. The third kappa shape index (κ3) is 3.91. The fraction of sp³-hybridized carbons (Fsp3) is 0.227. The number of thioether (sulfide) groups is 1. The average molecular weight is 407 g/mol. The summed E-state index contributed by atoms with van der Waals surface area (Å²) in [4.78, 5) is 29.6. The lowest BCUT2D eigenvalue weighted by Gasteiger charge is -2.27. The number of hydrogen-bond donors (Lipinski definition) is 2. The molecule has 1 atom stereocenters. The summed E-state index contributed by atoms with van der Waals surface area (Å²) in [5, 5.41) is 13.2. The number of rotatable bonds is 4. The van der Waals surface area contributed by atoms with Crippen molar-refractivity contribution in [2.75, 3.05) is 5.32 Å². The molecule has 0 saturated carbocycles. The zero-order valence-corrected chi connectivity index (χ0v) is 17.0. The fourth-order valence-corrected chi connectivity index (χ4v) is 4.55. The lowest BCUT2D eigenvalue weighted by Crippen LogP contribution is -2.33. The van der Waals surface area contributed by atoms with Gasteiger partial charge in [0.05, 0.1) is 5.56 Å². The van der Waals surface area contributed by atoms with Gasteiger partial charge in [-0.2, -0.15) is 4.98 Å². The van der Waals surface area contributed by atoms with Crippen LogP contribution < -0.4 is 10.9 Å². The van der Waals surface area contributed by atoms with Crippen molar-refractivity contribution in [2.24, 2.45) is 7.05 Å². The van der Waals surface area contributed by atoms with Crippen LogP contribution in [0.15, 0.2) is 58.5 Å². The van der Waals surface area contributed by atoms with E-state index in [0.717, 1.165) is 11.1 Å². The zero-order chi connectivity index (χ0) is 20.5. The molecule has 3 aromatic rings. The fourth-order valence-electron chi connectivity index (χ4n) is 3.64. The summed E-state index contributed by atoms with van der Waals surface area (Å²) in [6.07, 6.45) is 0.142. The Labute approximate surface area is 172 Å². The van der Waals surface area contributed by atoms with E-state index in [1.807, 2.05) is 31.2 Å². The largest absolute Gasteiger partial charge is 0.508 e. The topological polar surface area (TPSA) is 84.2 Å². The van der Waals surface area contributed by atoms with Crippen molar-refractivity contribution >= 4 is 23.5 Å². The highest BCUT2D eigenvalue weighted by molar-refractivity contribution is 7.98. The second-order valence-electron chi connectivity index (χ2n) is 7.20. The molecule has 7 heteroatoms. The van der Waals surface area contributed by atoms with E-state index in [-0.39, 0.29) is 23.6 Å². The first-order valence-electron chi connectivity index (χ1n) is 9.30. The van der Waals surface area contributed by atoms with Gasteiger partial charge in [-0.25, -0.2) is 0 Å². The number of anilines is 1. The lowest BCUT2D eigenvalue weighted by molar-refractivity contribution is -0.116. The van der Waals surface area contributed by atoms with Crippen LogP contribution in [0.1, 0.15) is 34.6 Å². The molecule has 1 aliphatic heterocycles. The van der Waals surface area contributed by atoms with Crippen LogP contribution in [0.5, 0.6) is 5.75 Å². The van der Waals surface area contributed by atoms with E-state index in [4.69, 9.17) is 0 Å². The molecule has 0 unspecified atom stereocenters. The smallest absolute Gasteiger partial charge is 0.279 e. The zero-order valence-electron chi connectivity index (χ0n) is 16.2. The van der Waals surface area contributed by atoms with Crippen LogP contribution in [0.3, 0.4) is 0 Å². The van der Waals surface area contributed by atoms with Gasteiger partial charge in [-0.1, -0.05) is 53.7 Å². The van der Waals surface area contributed by atoms with Gasteiger partial charge < -0.3 is 15.0 Å². The van der Waals surface area contributed by atoms with Gasteiger partial charge in [0.1, 0.15) is 11.6 Å². The van der Waals surface area contributed by atoms with Gasteiger partial charge in [-0.05, 0) is 30.2 Å². The van der Waals surface area contributed by atoms with Crippen LogP contribution in [-0.2, 0) is 17.6 Å². The summed E-state index contributed by atoms with van der Waals surface area (Å²) < 4.78 is 1.77. The number of aromatic hydroxyl groups is 1. The van der Waals surface area contributed by atoms with Crippen LogP contribution in [0, 0.1) is 6.92 Å². The van der Waals surface area contributed by atoms with Gasteiger partial charge in [-0.15, -0.1) is 0 Å². The number of carbonyl (C=O) groups is 1. The molecule has 148 valence electrons. The number of aryl methyl sites for hydroxylation is 1. The van der Waals surface area contributed by atoms with Crippen molar-refractivity contribution in [3.05, 3.63) is 81.1 Å². The van der Waals surface area contributed by atoms with Gasteiger partial charge in [-0.3, -0.25) is 9.59 Å². The van der Waals surface area contributed by atoms with Crippen molar-refractivity contribution in [3.63, 3.8) is 0 Å². The van der Waals surface area contributed by atoms with E-state index < -0.39 is 5.92 Å². The summed E-state index contributed by atoms with van der Waals surface area (Å²) in [6, 6.07) is 14.9. The van der Waals surface area contributed by atoms with E-state index in [1.165, 1.54) is 17.3 Å². The predicted molar refractivity (Wildman–Crippen MR) is 113 cm³/mol. The molecular formula is C22H21N3O3S. The van der Waals surface area contributed by atoms with Crippen LogP contribution in [0.2, 0.25) is 0 Å². The molecule has 29 heavy (non-hydrogen) atoms. The summed E-state index contributed by atoms with van der Waals surface area (Å²) >= 11 is 1.46. The Morgan fingerprint density at radius 1 is 1.21 bits per heavy atom. The Balaban J connectivity index is 1.72. The molecule has 0 radical (unpaired) electrons. The van der Waals surface area contributed by atoms with E-state index in [2.05, 4.69) is 16.4 Å². The summed E-state index contributed by atoms with van der Waals surface area (Å²) in [6.45, 7) is 2.04. The first kappa shape index (κ1) is 19.3. The maximum Gasteiger partial charge on any atom is 0.279 e. The van der Waals surface area contributed by atoms with Crippen molar-refractivity contribution in [1.82, 2.24) is 9.55 Å². The maximum atomic E-state index is 12.9. The van der Waals surface area contributed by atoms with Crippen LogP contribution >= 0.6 is 11.8 Å². The molecule has 0 bridgehead atoms. The highest BCUT2D eigenvalue weighted by Gasteiger charge is 2.32. The molecule has 1 aliphatic rings. The summed E-state index contributed by atoms with van der Waals surface area (Å²) in [7, 11) is 1.80.